The van der Waals surface area contributed by atoms with E-state index in [-0.39, 0.29) is 22.8 Å². The predicted octanol–water partition coefficient (Wildman–Crippen LogP) is 4.07. The second-order valence-electron chi connectivity index (χ2n) is 6.57. The molecule has 3 aromatic rings. The fourth-order valence-corrected chi connectivity index (χ4v) is 4.65. The van der Waals surface area contributed by atoms with Crippen LogP contribution in [0.15, 0.2) is 41.2 Å². The van der Waals surface area contributed by atoms with Gasteiger partial charge in [-0.05, 0) is 6.07 Å². The van der Waals surface area contributed by atoms with E-state index in [2.05, 4.69) is 0 Å². The Hall–Kier alpha value is -3.07. The second kappa shape index (κ2) is 7.07. The number of fused-ring (bicyclic) bond motifs is 1. The third-order valence-corrected chi connectivity index (χ3v) is 6.04. The van der Waals surface area contributed by atoms with Crippen molar-refractivity contribution in [2.45, 2.75) is 12.3 Å². The van der Waals surface area contributed by atoms with E-state index in [1.54, 1.807) is 24.3 Å². The predicted molar refractivity (Wildman–Crippen MR) is 102 cm³/mol. The van der Waals surface area contributed by atoms with Gasteiger partial charge in [-0.2, -0.15) is 0 Å². The minimum Gasteiger partial charge on any atom is -0.496 e. The van der Waals surface area contributed by atoms with Crippen molar-refractivity contribution in [3.63, 3.8) is 0 Å². The maximum absolute atomic E-state index is 13.8. The lowest BCUT2D eigenvalue weighted by molar-refractivity contribution is -0.118. The summed E-state index contributed by atoms with van der Waals surface area (Å²) < 4.78 is 47.7. The molecule has 0 fully saturated rings. The van der Waals surface area contributed by atoms with E-state index in [0.29, 0.717) is 10.6 Å². The molecule has 1 aliphatic rings. The highest BCUT2D eigenvalue weighted by molar-refractivity contribution is 7.10. The molecule has 0 aliphatic carbocycles. The van der Waals surface area contributed by atoms with Crippen molar-refractivity contribution in [2.24, 2.45) is 7.05 Å². The number of hydrogen-bond acceptors (Lipinski definition) is 4. The summed E-state index contributed by atoms with van der Waals surface area (Å²) in [5, 5.41) is 0. The molecule has 0 spiro atoms. The van der Waals surface area contributed by atoms with Gasteiger partial charge in [-0.3, -0.25) is 19.1 Å². The van der Waals surface area contributed by atoms with Crippen molar-refractivity contribution in [3.8, 4) is 5.75 Å². The van der Waals surface area contributed by atoms with Gasteiger partial charge in [0.05, 0.1) is 17.7 Å². The monoisotopic (exact) mass is 420 g/mol. The first kappa shape index (κ1) is 19.3. The molecule has 0 saturated heterocycles. The van der Waals surface area contributed by atoms with Crippen LogP contribution in [-0.4, -0.2) is 17.6 Å². The smallest absolute Gasteiger partial charge is 0.308 e. The van der Waals surface area contributed by atoms with Crippen LogP contribution in [-0.2, 0) is 11.8 Å². The Bertz CT molecular complexity index is 1160. The number of benzene rings is 2. The Kier molecular flexibility index (Phi) is 4.70. The quantitative estimate of drug-likeness (QED) is 0.601. The molecule has 1 aromatic heterocycles. The van der Waals surface area contributed by atoms with Crippen molar-refractivity contribution in [1.82, 2.24) is 4.57 Å². The van der Waals surface area contributed by atoms with Gasteiger partial charge in [-0.1, -0.05) is 29.5 Å². The normalized spacial score (nSPS) is 16.1. The molecule has 2 aromatic carbocycles. The molecule has 0 saturated carbocycles. The minimum atomic E-state index is -1.62. The number of amides is 1. The number of aromatic nitrogens is 1. The first-order valence-corrected chi connectivity index (χ1v) is 9.45. The van der Waals surface area contributed by atoms with Gasteiger partial charge in [0, 0.05) is 37.1 Å². The molecule has 9 heteroatoms. The van der Waals surface area contributed by atoms with Gasteiger partial charge in [0.2, 0.25) is 5.91 Å². The number of carbonyl (C=O) groups is 1. The fraction of sp³-hybridized carbons (Fsp3) is 0.200. The zero-order chi connectivity index (χ0) is 20.9. The lowest BCUT2D eigenvalue weighted by atomic mass is 9.89. The molecule has 29 heavy (non-hydrogen) atoms. The van der Waals surface area contributed by atoms with E-state index in [1.807, 2.05) is 0 Å². The number of halogens is 3. The lowest BCUT2D eigenvalue weighted by Crippen LogP contribution is -2.35. The highest BCUT2D eigenvalue weighted by Gasteiger charge is 2.38. The number of methoxy groups -OCH3 is 1. The van der Waals surface area contributed by atoms with Gasteiger partial charge in [0.25, 0.3) is 0 Å². The molecule has 1 aliphatic heterocycles. The van der Waals surface area contributed by atoms with Crippen LogP contribution in [0.4, 0.5) is 24.7 Å². The lowest BCUT2D eigenvalue weighted by Gasteiger charge is -2.32. The average molecular weight is 420 g/mol. The summed E-state index contributed by atoms with van der Waals surface area (Å²) >= 11 is 0.947. The average Bonchev–Trinajstić information content (AvgIpc) is 3.00. The van der Waals surface area contributed by atoms with Crippen LogP contribution < -0.4 is 14.5 Å². The molecule has 1 atom stereocenters. The third kappa shape index (κ3) is 3.02. The van der Waals surface area contributed by atoms with E-state index in [9.17, 15) is 22.8 Å². The number of para-hydroxylation sites is 1. The number of ether oxygens (including phenoxy) is 1. The zero-order valence-electron chi connectivity index (χ0n) is 15.4. The van der Waals surface area contributed by atoms with Crippen molar-refractivity contribution < 1.29 is 22.7 Å². The summed E-state index contributed by atoms with van der Waals surface area (Å²) in [6.07, 6.45) is -0.0477. The number of hydrogen-bond donors (Lipinski definition) is 0. The van der Waals surface area contributed by atoms with E-state index >= 15 is 0 Å². The largest absolute Gasteiger partial charge is 0.496 e. The van der Waals surface area contributed by atoms with Crippen LogP contribution in [0.3, 0.4) is 0 Å². The van der Waals surface area contributed by atoms with Crippen LogP contribution in [0.5, 0.6) is 5.75 Å². The molecule has 2 heterocycles. The van der Waals surface area contributed by atoms with Crippen molar-refractivity contribution in [1.29, 1.82) is 0 Å². The number of carbonyl (C=O) groups excluding carboxylic acids is 1. The molecular formula is C20H15F3N2O3S. The summed E-state index contributed by atoms with van der Waals surface area (Å²) in [6.45, 7) is 0. The highest BCUT2D eigenvalue weighted by atomic mass is 32.1. The Morgan fingerprint density at radius 1 is 1.10 bits per heavy atom. The molecule has 0 unspecified atom stereocenters. The van der Waals surface area contributed by atoms with Gasteiger partial charge < -0.3 is 4.74 Å². The van der Waals surface area contributed by atoms with E-state index < -0.39 is 29.3 Å². The molecular weight excluding hydrogens is 405 g/mol. The highest BCUT2D eigenvalue weighted by Crippen LogP contribution is 2.46. The molecule has 150 valence electrons. The molecule has 1 amide bonds. The Balaban J connectivity index is 1.93. The zero-order valence-corrected chi connectivity index (χ0v) is 16.2. The molecule has 0 bridgehead atoms. The van der Waals surface area contributed by atoms with Gasteiger partial charge in [0.15, 0.2) is 17.5 Å². The summed E-state index contributed by atoms with van der Waals surface area (Å²) in [5.74, 6) is -4.62. The number of nitrogens with zero attached hydrogens (tertiary/aromatic N) is 2. The maximum atomic E-state index is 13.8. The van der Waals surface area contributed by atoms with Gasteiger partial charge in [-0.25, -0.2) is 13.2 Å². The van der Waals surface area contributed by atoms with Crippen LogP contribution in [0.2, 0.25) is 0 Å². The Morgan fingerprint density at radius 2 is 1.76 bits per heavy atom. The van der Waals surface area contributed by atoms with E-state index in [0.717, 1.165) is 33.9 Å². The first-order chi connectivity index (χ1) is 13.8. The molecule has 4 rings (SSSR count). The van der Waals surface area contributed by atoms with Crippen LogP contribution in [0.25, 0.3) is 0 Å². The SMILES string of the molecule is COc1ccccc1[C@@H]1CC(=O)N(c2cc(F)c(F)c(F)c2)c2c1sc(=O)n2C. The molecule has 5 nitrogen and oxygen atoms in total. The van der Waals surface area contributed by atoms with Gasteiger partial charge in [0.1, 0.15) is 11.6 Å². The van der Waals surface area contributed by atoms with Gasteiger partial charge in [-0.15, -0.1) is 0 Å². The van der Waals surface area contributed by atoms with Crippen molar-refractivity contribution in [2.75, 3.05) is 12.0 Å². The minimum absolute atomic E-state index is 0.0477. The van der Waals surface area contributed by atoms with E-state index in [1.165, 1.54) is 18.7 Å². The topological polar surface area (TPSA) is 51.5 Å². The summed E-state index contributed by atoms with van der Waals surface area (Å²) in [4.78, 5) is 26.7. The number of thiazole rings is 1. The summed E-state index contributed by atoms with van der Waals surface area (Å²) in [5.41, 5.74) is 0.544. The number of anilines is 2. The first-order valence-electron chi connectivity index (χ1n) is 8.63. The molecule has 0 N–H and O–H groups in total. The van der Waals surface area contributed by atoms with Crippen LogP contribution in [0.1, 0.15) is 22.8 Å². The third-order valence-electron chi connectivity index (χ3n) is 4.91. The summed E-state index contributed by atoms with van der Waals surface area (Å²) in [7, 11) is 2.98. The van der Waals surface area contributed by atoms with Crippen molar-refractivity contribution in [3.05, 3.63) is 74.0 Å². The van der Waals surface area contributed by atoms with E-state index in [4.69, 9.17) is 4.74 Å². The second-order valence-corrected chi connectivity index (χ2v) is 7.56. The fourth-order valence-electron chi connectivity index (χ4n) is 3.57. The molecule has 0 radical (unpaired) electrons. The summed E-state index contributed by atoms with van der Waals surface area (Å²) in [6, 6.07) is 8.62. The standard InChI is InChI=1S/C20H15F3N2O3S/c1-24-19-18(29-20(24)27)12(11-5-3-4-6-15(11)28-2)9-16(26)25(19)10-7-13(21)17(23)14(22)8-10/h3-8,12H,9H2,1-2H3/t12-/m0/s1. The van der Waals surface area contributed by atoms with Crippen LogP contribution >= 0.6 is 11.3 Å². The maximum Gasteiger partial charge on any atom is 0.308 e. The Labute approximate surface area is 167 Å². The van der Waals surface area contributed by atoms with Crippen molar-refractivity contribution >= 4 is 28.7 Å². The Morgan fingerprint density at radius 3 is 2.41 bits per heavy atom. The number of rotatable bonds is 3. The van der Waals surface area contributed by atoms with Crippen LogP contribution in [0, 0.1) is 17.5 Å². The van der Waals surface area contributed by atoms with Gasteiger partial charge >= 0.3 is 4.87 Å².